The van der Waals surface area contributed by atoms with Crippen LogP contribution in [0, 0.1) is 0 Å². The molecule has 0 heterocycles. The molecule has 0 aliphatic rings. The van der Waals surface area contributed by atoms with Crippen LogP contribution in [0.5, 0.6) is 0 Å². The minimum absolute atomic E-state index is 0.463. The average molecular weight is 567 g/mol. The highest BCUT2D eigenvalue weighted by molar-refractivity contribution is 5.85. The second-order valence-electron chi connectivity index (χ2n) is 10.9. The van der Waals surface area contributed by atoms with Crippen molar-refractivity contribution in [2.45, 2.75) is 0 Å². The largest absolute Gasteiger partial charge is 0.194 e. The molecule has 0 saturated carbocycles. The molecule has 2 heteroatoms. The Morgan fingerprint density at radius 2 is 0.295 bits per heavy atom. The molecule has 210 valence electrons. The van der Waals surface area contributed by atoms with E-state index in [0.717, 1.165) is 11.4 Å². The molecule has 0 aliphatic carbocycles. The zero-order valence-electron chi connectivity index (χ0n) is 24.5. The van der Waals surface area contributed by atoms with Crippen LogP contribution < -0.4 is 8.97 Å². The molecule has 7 aromatic carbocycles. The van der Waals surface area contributed by atoms with Crippen LogP contribution >= 0.6 is 0 Å². The van der Waals surface area contributed by atoms with Gasteiger partial charge in [-0.25, -0.2) is 0 Å². The molecule has 0 unspecified atom stereocenters. The van der Waals surface area contributed by atoms with E-state index >= 15 is 0 Å². The van der Waals surface area contributed by atoms with Crippen LogP contribution in [-0.2, 0) is 0 Å². The first-order chi connectivity index (χ1) is 21.8. The van der Waals surface area contributed by atoms with Gasteiger partial charge in [-0.2, -0.15) is 8.97 Å². The van der Waals surface area contributed by atoms with Gasteiger partial charge in [0.1, 0.15) is 45.5 Å². The number of quaternary nitrogens is 2. The molecule has 0 spiro atoms. The van der Waals surface area contributed by atoms with Crippen molar-refractivity contribution >= 4 is 45.5 Å². The number of rotatable bonds is 8. The standard InChI is InChI=1S/C42H34N2/c1-7-19-35(20-8-1)43(36-21-9-2-10-22-36,37-23-11-3-12-24-37)41-31-33-42(34-32-41)44(38-25-13-4-14-26-38,39-27-15-5-16-28-39)40-29-17-6-18-30-40/h1-34H/q+2. The minimum atomic E-state index is 0.463. The Bertz CT molecular complexity index is 1570. The van der Waals surface area contributed by atoms with Crippen LogP contribution in [0.1, 0.15) is 0 Å². The molecule has 0 radical (unpaired) electrons. The third kappa shape index (κ3) is 4.54. The molecule has 0 atom stereocenters. The van der Waals surface area contributed by atoms with E-state index < -0.39 is 0 Å². The Hall–Kier alpha value is -5.54. The van der Waals surface area contributed by atoms with Gasteiger partial charge in [0.2, 0.25) is 0 Å². The summed E-state index contributed by atoms with van der Waals surface area (Å²) >= 11 is 0. The monoisotopic (exact) mass is 566 g/mol. The molecule has 0 fully saturated rings. The van der Waals surface area contributed by atoms with E-state index in [1.807, 2.05) is 0 Å². The van der Waals surface area contributed by atoms with Crippen molar-refractivity contribution in [1.29, 1.82) is 0 Å². The first-order valence-electron chi connectivity index (χ1n) is 15.1. The normalized spacial score (nSPS) is 11.6. The van der Waals surface area contributed by atoms with Crippen LogP contribution in [0.4, 0.5) is 45.5 Å². The summed E-state index contributed by atoms with van der Waals surface area (Å²) in [6.45, 7) is 0. The predicted octanol–water partition coefficient (Wildman–Crippen LogP) is 12.3. The van der Waals surface area contributed by atoms with Crippen molar-refractivity contribution in [1.82, 2.24) is 8.97 Å². The van der Waals surface area contributed by atoms with Crippen LogP contribution in [0.3, 0.4) is 0 Å². The van der Waals surface area contributed by atoms with Gasteiger partial charge in [0, 0.05) is 97.1 Å². The summed E-state index contributed by atoms with van der Waals surface area (Å²) < 4.78 is 0.926. The maximum atomic E-state index is 2.31. The SMILES string of the molecule is c1ccc([N+](c2ccccc2)(c2ccccc2)c2ccc([N+](c3ccccc3)(c3ccccc3)c3ccccc3)cc2)cc1. The number of benzene rings is 7. The summed E-state index contributed by atoms with van der Waals surface area (Å²) in [7, 11) is 0. The van der Waals surface area contributed by atoms with Crippen molar-refractivity contribution in [3.05, 3.63) is 206 Å². The lowest BCUT2D eigenvalue weighted by Crippen LogP contribution is -2.34. The highest BCUT2D eigenvalue weighted by Crippen LogP contribution is 2.54. The molecule has 0 N–H and O–H groups in total. The van der Waals surface area contributed by atoms with E-state index in [1.54, 1.807) is 0 Å². The maximum absolute atomic E-state index is 2.31. The zero-order chi connectivity index (χ0) is 29.7. The van der Waals surface area contributed by atoms with Crippen LogP contribution in [-0.4, -0.2) is 0 Å². The Labute approximate surface area is 260 Å². The van der Waals surface area contributed by atoms with Gasteiger partial charge in [0.15, 0.2) is 0 Å². The highest BCUT2D eigenvalue weighted by atomic mass is 15.4. The summed E-state index contributed by atoms with van der Waals surface area (Å²) in [5, 5.41) is 0. The summed E-state index contributed by atoms with van der Waals surface area (Å²) in [5.74, 6) is 0. The van der Waals surface area contributed by atoms with Gasteiger partial charge in [-0.05, 0) is 0 Å². The molecule has 44 heavy (non-hydrogen) atoms. The Morgan fingerprint density at radius 3 is 0.455 bits per heavy atom. The third-order valence-corrected chi connectivity index (χ3v) is 8.49. The summed E-state index contributed by atoms with van der Waals surface area (Å²) in [6, 6.07) is 74.1. The van der Waals surface area contributed by atoms with E-state index in [1.165, 1.54) is 34.1 Å². The van der Waals surface area contributed by atoms with Gasteiger partial charge >= 0.3 is 0 Å². The number of hydrogen-bond donors (Lipinski definition) is 0. The second kappa shape index (κ2) is 12.0. The number of nitrogens with zero attached hydrogens (tertiary/aromatic N) is 2. The molecular weight excluding hydrogens is 532 g/mol. The van der Waals surface area contributed by atoms with Gasteiger partial charge in [-0.3, -0.25) is 0 Å². The first kappa shape index (κ1) is 27.3. The van der Waals surface area contributed by atoms with Crippen molar-refractivity contribution in [3.8, 4) is 0 Å². The number of hydrogen-bond acceptors (Lipinski definition) is 0. The molecule has 7 aromatic rings. The lowest BCUT2D eigenvalue weighted by Gasteiger charge is -2.39. The third-order valence-electron chi connectivity index (χ3n) is 8.49. The van der Waals surface area contributed by atoms with E-state index in [2.05, 4.69) is 206 Å². The van der Waals surface area contributed by atoms with E-state index in [-0.39, 0.29) is 0 Å². The van der Waals surface area contributed by atoms with E-state index in [9.17, 15) is 0 Å². The van der Waals surface area contributed by atoms with E-state index in [4.69, 9.17) is 0 Å². The molecule has 2 nitrogen and oxygen atoms in total. The number of para-hydroxylation sites is 6. The Balaban J connectivity index is 1.52. The van der Waals surface area contributed by atoms with E-state index in [0.29, 0.717) is 8.97 Å². The van der Waals surface area contributed by atoms with Crippen molar-refractivity contribution in [2.24, 2.45) is 0 Å². The highest BCUT2D eigenvalue weighted by Gasteiger charge is 2.42. The fraction of sp³-hybridized carbons (Fsp3) is 0. The molecule has 7 rings (SSSR count). The summed E-state index contributed by atoms with van der Waals surface area (Å²) in [5.41, 5.74) is 9.36. The van der Waals surface area contributed by atoms with Crippen molar-refractivity contribution in [2.75, 3.05) is 0 Å². The summed E-state index contributed by atoms with van der Waals surface area (Å²) in [6.07, 6.45) is 0. The predicted molar refractivity (Wildman–Crippen MR) is 187 cm³/mol. The maximum Gasteiger partial charge on any atom is 0.148 e. The first-order valence-corrected chi connectivity index (χ1v) is 15.1. The Kier molecular flexibility index (Phi) is 7.44. The fourth-order valence-corrected chi connectivity index (χ4v) is 6.60. The van der Waals surface area contributed by atoms with Crippen molar-refractivity contribution < 1.29 is 0 Å². The lowest BCUT2D eigenvalue weighted by atomic mass is 10.0. The van der Waals surface area contributed by atoms with Crippen LogP contribution in [0.25, 0.3) is 0 Å². The average Bonchev–Trinajstić information content (AvgIpc) is 3.12. The molecular formula is C42H34N2+2. The zero-order valence-corrected chi connectivity index (χ0v) is 24.5. The molecule has 0 bridgehead atoms. The van der Waals surface area contributed by atoms with Crippen molar-refractivity contribution in [3.63, 3.8) is 0 Å². The second-order valence-corrected chi connectivity index (χ2v) is 10.9. The van der Waals surface area contributed by atoms with Gasteiger partial charge in [-0.1, -0.05) is 109 Å². The quantitative estimate of drug-likeness (QED) is 0.161. The molecule has 0 aromatic heterocycles. The topological polar surface area (TPSA) is 0 Å². The van der Waals surface area contributed by atoms with Crippen LogP contribution in [0.15, 0.2) is 206 Å². The van der Waals surface area contributed by atoms with Gasteiger partial charge in [0.25, 0.3) is 0 Å². The van der Waals surface area contributed by atoms with Crippen LogP contribution in [0.2, 0.25) is 0 Å². The fourth-order valence-electron chi connectivity index (χ4n) is 6.60. The minimum Gasteiger partial charge on any atom is -0.194 e. The lowest BCUT2D eigenvalue weighted by molar-refractivity contribution is 0.691. The molecule has 0 saturated heterocycles. The van der Waals surface area contributed by atoms with Gasteiger partial charge in [-0.15, -0.1) is 0 Å². The van der Waals surface area contributed by atoms with Gasteiger partial charge in [0.05, 0.1) is 0 Å². The summed E-state index contributed by atoms with van der Waals surface area (Å²) in [4.78, 5) is 0. The van der Waals surface area contributed by atoms with Gasteiger partial charge < -0.3 is 0 Å². The molecule has 0 aliphatic heterocycles. The molecule has 0 amide bonds. The Morgan fingerprint density at radius 1 is 0.159 bits per heavy atom. The smallest absolute Gasteiger partial charge is 0.148 e.